The number of aromatic nitrogens is 2. The van der Waals surface area contributed by atoms with Gasteiger partial charge >= 0.3 is 0 Å². The Balaban J connectivity index is 1.61. The van der Waals surface area contributed by atoms with Gasteiger partial charge in [0, 0.05) is 45.8 Å². The van der Waals surface area contributed by atoms with E-state index in [2.05, 4.69) is 89.7 Å². The number of hydrogen-bond acceptors (Lipinski definition) is 6. The Hall–Kier alpha value is -3.86. The molecule has 2 N–H and O–H groups in total. The van der Waals surface area contributed by atoms with Crippen molar-refractivity contribution in [1.29, 1.82) is 5.26 Å². The van der Waals surface area contributed by atoms with Crippen LogP contribution >= 0.6 is 11.3 Å². The molecular formula is C29H29N5OS. The molecule has 0 saturated heterocycles. The standard InChI is InChI=1S/C29H29N5OS/c1-17(2)35-22-11-19(16-34(4)5)10-20(12-22)27-13-24-28(21(14-30)15-32-29(24)36-27)33-25-6-7-26-23(18(25)3)8-9-31-26/h6-13,15,17,31H,16H2,1-5H3,(H,32,33). The lowest BCUT2D eigenvalue weighted by molar-refractivity contribution is 0.242. The first-order valence-electron chi connectivity index (χ1n) is 11.9. The fourth-order valence-electron chi connectivity index (χ4n) is 4.50. The van der Waals surface area contributed by atoms with Gasteiger partial charge in [-0.25, -0.2) is 4.98 Å². The van der Waals surface area contributed by atoms with E-state index in [1.165, 1.54) is 5.56 Å². The smallest absolute Gasteiger partial charge is 0.126 e. The monoisotopic (exact) mass is 495 g/mol. The van der Waals surface area contributed by atoms with E-state index in [1.54, 1.807) is 17.5 Å². The molecule has 7 heteroatoms. The first-order chi connectivity index (χ1) is 17.3. The summed E-state index contributed by atoms with van der Waals surface area (Å²) >= 11 is 1.62. The number of aromatic amines is 1. The van der Waals surface area contributed by atoms with Gasteiger partial charge in [0.05, 0.1) is 17.4 Å². The van der Waals surface area contributed by atoms with Crippen LogP contribution < -0.4 is 10.1 Å². The second-order valence-electron chi connectivity index (χ2n) is 9.56. The van der Waals surface area contributed by atoms with Gasteiger partial charge in [0.1, 0.15) is 16.6 Å². The number of rotatable bonds is 7. The molecule has 0 aliphatic rings. The van der Waals surface area contributed by atoms with Crippen LogP contribution in [0.2, 0.25) is 0 Å². The second-order valence-corrected chi connectivity index (χ2v) is 10.6. The summed E-state index contributed by atoms with van der Waals surface area (Å²) in [7, 11) is 4.13. The lowest BCUT2D eigenvalue weighted by Crippen LogP contribution is -2.11. The van der Waals surface area contributed by atoms with E-state index in [0.717, 1.165) is 60.8 Å². The van der Waals surface area contributed by atoms with E-state index in [1.807, 2.05) is 20.0 Å². The van der Waals surface area contributed by atoms with Crippen molar-refractivity contribution < 1.29 is 4.74 Å². The van der Waals surface area contributed by atoms with Crippen LogP contribution in [0.25, 0.3) is 31.6 Å². The molecule has 3 heterocycles. The molecule has 0 saturated carbocycles. The molecule has 2 aromatic carbocycles. The van der Waals surface area contributed by atoms with Crippen molar-refractivity contribution in [2.24, 2.45) is 0 Å². The van der Waals surface area contributed by atoms with Gasteiger partial charge in [0.2, 0.25) is 0 Å². The second kappa shape index (κ2) is 9.65. The predicted octanol–water partition coefficient (Wildman–Crippen LogP) is 7.22. The van der Waals surface area contributed by atoms with Crippen LogP contribution in [0.4, 0.5) is 11.4 Å². The minimum Gasteiger partial charge on any atom is -0.491 e. The maximum Gasteiger partial charge on any atom is 0.126 e. The first kappa shape index (κ1) is 23.9. The van der Waals surface area contributed by atoms with Gasteiger partial charge in [0.15, 0.2) is 0 Å². The Kier molecular flexibility index (Phi) is 6.40. The molecule has 36 heavy (non-hydrogen) atoms. The van der Waals surface area contributed by atoms with Gasteiger partial charge < -0.3 is 19.9 Å². The highest BCUT2D eigenvalue weighted by molar-refractivity contribution is 7.22. The number of pyridine rings is 1. The molecule has 0 radical (unpaired) electrons. The number of hydrogen-bond donors (Lipinski definition) is 2. The minimum atomic E-state index is 0.0890. The Labute approximate surface area is 215 Å². The van der Waals surface area contributed by atoms with Gasteiger partial charge in [-0.05, 0) is 94.0 Å². The van der Waals surface area contributed by atoms with Gasteiger partial charge in [0.25, 0.3) is 0 Å². The molecule has 0 spiro atoms. The lowest BCUT2D eigenvalue weighted by atomic mass is 10.1. The van der Waals surface area contributed by atoms with Gasteiger partial charge in [-0.15, -0.1) is 11.3 Å². The molecule has 0 atom stereocenters. The van der Waals surface area contributed by atoms with Crippen molar-refractivity contribution in [2.45, 2.75) is 33.4 Å². The summed E-state index contributed by atoms with van der Waals surface area (Å²) in [4.78, 5) is 12.0. The number of ether oxygens (including phenoxy) is 1. The minimum absolute atomic E-state index is 0.0890. The molecule has 0 unspecified atom stereocenters. The van der Waals surface area contributed by atoms with Crippen LogP contribution in [-0.4, -0.2) is 35.1 Å². The van der Waals surface area contributed by atoms with Gasteiger partial charge in [-0.3, -0.25) is 0 Å². The Morgan fingerprint density at radius 2 is 1.97 bits per heavy atom. The van der Waals surface area contributed by atoms with E-state index in [-0.39, 0.29) is 6.10 Å². The van der Waals surface area contributed by atoms with E-state index in [4.69, 9.17) is 4.74 Å². The summed E-state index contributed by atoms with van der Waals surface area (Å²) in [6.45, 7) is 6.98. The maximum atomic E-state index is 9.88. The topological polar surface area (TPSA) is 77.0 Å². The molecule has 5 aromatic rings. The lowest BCUT2D eigenvalue weighted by Gasteiger charge is -2.15. The maximum absolute atomic E-state index is 9.88. The van der Waals surface area contributed by atoms with Crippen LogP contribution in [0, 0.1) is 18.3 Å². The summed E-state index contributed by atoms with van der Waals surface area (Å²) in [5.74, 6) is 0.858. The number of nitrogens with one attached hydrogen (secondary N) is 2. The van der Waals surface area contributed by atoms with Crippen LogP contribution in [0.3, 0.4) is 0 Å². The van der Waals surface area contributed by atoms with E-state index in [9.17, 15) is 5.26 Å². The fraction of sp³-hybridized carbons (Fsp3) is 0.241. The van der Waals surface area contributed by atoms with Gasteiger partial charge in [-0.1, -0.05) is 0 Å². The summed E-state index contributed by atoms with van der Waals surface area (Å²) in [5.41, 5.74) is 6.77. The number of thiophene rings is 1. The summed E-state index contributed by atoms with van der Waals surface area (Å²) in [6.07, 6.45) is 3.69. The molecule has 0 bridgehead atoms. The normalized spacial score (nSPS) is 11.5. The Morgan fingerprint density at radius 3 is 2.72 bits per heavy atom. The van der Waals surface area contributed by atoms with E-state index in [0.29, 0.717) is 5.56 Å². The Bertz CT molecular complexity index is 1580. The Morgan fingerprint density at radius 1 is 1.14 bits per heavy atom. The van der Waals surface area contributed by atoms with E-state index < -0.39 is 0 Å². The SMILES string of the molecule is Cc1c(Nc2c(C#N)cnc3sc(-c4cc(CN(C)C)cc(OC(C)C)c4)cc23)ccc2[nH]ccc12. The van der Waals surface area contributed by atoms with Gasteiger partial charge in [-0.2, -0.15) is 5.26 Å². The van der Waals surface area contributed by atoms with Crippen LogP contribution in [0.1, 0.15) is 30.5 Å². The predicted molar refractivity (Wildman–Crippen MR) is 149 cm³/mol. The number of anilines is 2. The zero-order valence-electron chi connectivity index (χ0n) is 21.1. The largest absolute Gasteiger partial charge is 0.491 e. The van der Waals surface area contributed by atoms with Crippen molar-refractivity contribution in [1.82, 2.24) is 14.9 Å². The molecule has 0 aliphatic carbocycles. The average Bonchev–Trinajstić information content (AvgIpc) is 3.47. The molecule has 0 fully saturated rings. The van der Waals surface area contributed by atoms with Crippen molar-refractivity contribution in [2.75, 3.05) is 19.4 Å². The third-order valence-electron chi connectivity index (χ3n) is 6.07. The van der Waals surface area contributed by atoms with Crippen LogP contribution in [0.15, 0.2) is 54.9 Å². The molecule has 5 rings (SSSR count). The summed E-state index contributed by atoms with van der Waals surface area (Å²) < 4.78 is 6.07. The number of nitriles is 1. The fourth-order valence-corrected chi connectivity index (χ4v) is 5.50. The summed E-state index contributed by atoms with van der Waals surface area (Å²) in [5, 5.41) is 15.5. The molecule has 182 valence electrons. The number of H-pyrrole nitrogens is 1. The summed E-state index contributed by atoms with van der Waals surface area (Å²) in [6, 6.07) is 17.0. The number of fused-ring (bicyclic) bond motifs is 2. The molecule has 3 aromatic heterocycles. The van der Waals surface area contributed by atoms with Crippen LogP contribution in [-0.2, 0) is 6.54 Å². The first-order valence-corrected chi connectivity index (χ1v) is 12.8. The molecule has 6 nitrogen and oxygen atoms in total. The molecular weight excluding hydrogens is 466 g/mol. The van der Waals surface area contributed by atoms with Crippen molar-refractivity contribution in [3.63, 3.8) is 0 Å². The highest BCUT2D eigenvalue weighted by atomic mass is 32.1. The number of aryl methyl sites for hydroxylation is 1. The van der Waals surface area contributed by atoms with Crippen molar-refractivity contribution in [3.05, 3.63) is 71.5 Å². The van der Waals surface area contributed by atoms with Crippen molar-refractivity contribution >= 4 is 43.8 Å². The third kappa shape index (κ3) is 4.66. The highest BCUT2D eigenvalue weighted by Crippen LogP contribution is 2.40. The molecule has 0 amide bonds. The average molecular weight is 496 g/mol. The number of benzene rings is 2. The zero-order valence-corrected chi connectivity index (χ0v) is 22.0. The highest BCUT2D eigenvalue weighted by Gasteiger charge is 2.16. The van der Waals surface area contributed by atoms with Crippen molar-refractivity contribution in [3.8, 4) is 22.3 Å². The van der Waals surface area contributed by atoms with E-state index >= 15 is 0 Å². The van der Waals surface area contributed by atoms with Crippen LogP contribution in [0.5, 0.6) is 5.75 Å². The molecule has 0 aliphatic heterocycles. The third-order valence-corrected chi connectivity index (χ3v) is 7.16. The zero-order chi connectivity index (χ0) is 25.4. The number of nitrogens with zero attached hydrogens (tertiary/aromatic N) is 3. The quantitative estimate of drug-likeness (QED) is 0.249.